The van der Waals surface area contributed by atoms with Gasteiger partial charge in [0.1, 0.15) is 5.75 Å². The fourth-order valence-electron chi connectivity index (χ4n) is 2.52. The lowest BCUT2D eigenvalue weighted by molar-refractivity contribution is -0.118. The number of ether oxygens (including phenoxy) is 1. The summed E-state index contributed by atoms with van der Waals surface area (Å²) >= 11 is 1.39. The molecule has 0 unspecified atom stereocenters. The van der Waals surface area contributed by atoms with Crippen molar-refractivity contribution < 1.29 is 9.53 Å². The van der Waals surface area contributed by atoms with Gasteiger partial charge in [0, 0.05) is 4.90 Å². The van der Waals surface area contributed by atoms with Crippen molar-refractivity contribution in [3.8, 4) is 22.9 Å². The summed E-state index contributed by atoms with van der Waals surface area (Å²) in [5, 5.41) is 11.6. The third-order valence-corrected chi connectivity index (χ3v) is 4.73. The molecule has 0 saturated heterocycles. The van der Waals surface area contributed by atoms with Crippen LogP contribution < -0.4 is 10.1 Å². The topological polar surface area (TPSA) is 62.1 Å². The second kappa shape index (κ2) is 9.46. The van der Waals surface area contributed by atoms with E-state index in [-0.39, 0.29) is 12.5 Å². The van der Waals surface area contributed by atoms with Crippen LogP contribution in [0.15, 0.2) is 83.8 Å². The second-order valence-electron chi connectivity index (χ2n) is 5.67. The standard InChI is InChI=1S/C22H18N2O2S/c23-14-15-27-21-9-5-4-8-20(21)24-22(25)16-26-19-12-10-18(11-13-19)17-6-2-1-3-7-17/h1-13H,15-16H2,(H,24,25). The zero-order chi connectivity index (χ0) is 18.9. The fourth-order valence-corrected chi connectivity index (χ4v) is 3.18. The molecule has 0 aliphatic carbocycles. The van der Waals surface area contributed by atoms with E-state index in [1.807, 2.05) is 78.9 Å². The third kappa shape index (κ3) is 5.37. The van der Waals surface area contributed by atoms with Crippen LogP contribution in [0, 0.1) is 11.3 Å². The molecule has 0 aromatic heterocycles. The minimum Gasteiger partial charge on any atom is -0.484 e. The summed E-state index contributed by atoms with van der Waals surface area (Å²) < 4.78 is 5.58. The predicted molar refractivity (Wildman–Crippen MR) is 109 cm³/mol. The number of benzene rings is 3. The van der Waals surface area contributed by atoms with Gasteiger partial charge in [-0.2, -0.15) is 5.26 Å². The lowest BCUT2D eigenvalue weighted by Crippen LogP contribution is -2.20. The van der Waals surface area contributed by atoms with Crippen molar-refractivity contribution in [2.24, 2.45) is 0 Å². The first-order valence-corrected chi connectivity index (χ1v) is 9.42. The van der Waals surface area contributed by atoms with Crippen LogP contribution in [0.3, 0.4) is 0 Å². The monoisotopic (exact) mass is 374 g/mol. The minimum absolute atomic E-state index is 0.0814. The number of rotatable bonds is 7. The maximum absolute atomic E-state index is 12.2. The van der Waals surface area contributed by atoms with E-state index in [4.69, 9.17) is 10.00 Å². The minimum atomic E-state index is -0.243. The fraction of sp³-hybridized carbons (Fsp3) is 0.0909. The van der Waals surface area contributed by atoms with E-state index in [1.54, 1.807) is 0 Å². The molecule has 0 aliphatic rings. The summed E-state index contributed by atoms with van der Waals surface area (Å²) in [6.45, 7) is -0.0814. The number of carbonyl (C=O) groups is 1. The average Bonchev–Trinajstić information content (AvgIpc) is 2.73. The lowest BCUT2D eigenvalue weighted by Gasteiger charge is -2.11. The molecule has 0 heterocycles. The predicted octanol–water partition coefficient (Wildman–Crippen LogP) is 4.99. The Hall–Kier alpha value is -3.23. The summed E-state index contributed by atoms with van der Waals surface area (Å²) in [6.07, 6.45) is 0. The number of nitriles is 1. The Bertz CT molecular complexity index is 935. The van der Waals surface area contributed by atoms with Crippen LogP contribution in [-0.2, 0) is 4.79 Å². The molecule has 134 valence electrons. The van der Waals surface area contributed by atoms with Crippen molar-refractivity contribution in [3.05, 3.63) is 78.9 Å². The van der Waals surface area contributed by atoms with E-state index >= 15 is 0 Å². The van der Waals surface area contributed by atoms with Crippen LogP contribution >= 0.6 is 11.8 Å². The van der Waals surface area contributed by atoms with E-state index < -0.39 is 0 Å². The van der Waals surface area contributed by atoms with Crippen LogP contribution in [-0.4, -0.2) is 18.3 Å². The van der Waals surface area contributed by atoms with Crippen LogP contribution in [0.1, 0.15) is 0 Å². The van der Waals surface area contributed by atoms with Gasteiger partial charge >= 0.3 is 0 Å². The third-order valence-electron chi connectivity index (χ3n) is 3.78. The van der Waals surface area contributed by atoms with Gasteiger partial charge in [-0.15, -0.1) is 11.8 Å². The van der Waals surface area contributed by atoms with Crippen LogP contribution in [0.5, 0.6) is 5.75 Å². The number of hydrogen-bond acceptors (Lipinski definition) is 4. The van der Waals surface area contributed by atoms with Crippen molar-refractivity contribution >= 4 is 23.4 Å². The summed E-state index contributed by atoms with van der Waals surface area (Å²) in [6, 6.07) is 27.2. The van der Waals surface area contributed by atoms with Gasteiger partial charge in [0.2, 0.25) is 0 Å². The highest BCUT2D eigenvalue weighted by molar-refractivity contribution is 7.99. The van der Waals surface area contributed by atoms with Gasteiger partial charge < -0.3 is 10.1 Å². The number of amides is 1. The number of anilines is 1. The van der Waals surface area contributed by atoms with Gasteiger partial charge in [-0.3, -0.25) is 4.79 Å². The molecule has 0 fully saturated rings. The number of thioether (sulfide) groups is 1. The van der Waals surface area contributed by atoms with Crippen molar-refractivity contribution in [2.45, 2.75) is 4.90 Å². The Morgan fingerprint density at radius 3 is 2.33 bits per heavy atom. The number of carbonyl (C=O) groups excluding carboxylic acids is 1. The zero-order valence-electron chi connectivity index (χ0n) is 14.6. The summed E-state index contributed by atoms with van der Waals surface area (Å²) in [5.41, 5.74) is 2.91. The highest BCUT2D eigenvalue weighted by atomic mass is 32.2. The highest BCUT2D eigenvalue weighted by Crippen LogP contribution is 2.26. The second-order valence-corrected chi connectivity index (χ2v) is 6.69. The molecule has 4 nitrogen and oxygen atoms in total. The molecule has 0 bridgehead atoms. The van der Waals surface area contributed by atoms with E-state index in [0.29, 0.717) is 17.2 Å². The molecular formula is C22H18N2O2S. The molecular weight excluding hydrogens is 356 g/mol. The molecule has 3 rings (SSSR count). The molecule has 0 saturated carbocycles. The van der Waals surface area contributed by atoms with Crippen LogP contribution in [0.25, 0.3) is 11.1 Å². The first-order chi connectivity index (χ1) is 13.3. The Kier molecular flexibility index (Phi) is 6.50. The summed E-state index contributed by atoms with van der Waals surface area (Å²) in [4.78, 5) is 13.1. The smallest absolute Gasteiger partial charge is 0.262 e. The Labute approximate surface area is 162 Å². The van der Waals surface area contributed by atoms with E-state index in [0.717, 1.165) is 16.0 Å². The first-order valence-electron chi connectivity index (χ1n) is 8.43. The molecule has 0 radical (unpaired) electrons. The normalized spacial score (nSPS) is 10.0. The average molecular weight is 374 g/mol. The van der Waals surface area contributed by atoms with E-state index in [2.05, 4.69) is 11.4 Å². The zero-order valence-corrected chi connectivity index (χ0v) is 15.4. The molecule has 27 heavy (non-hydrogen) atoms. The van der Waals surface area contributed by atoms with Crippen LogP contribution in [0.4, 0.5) is 5.69 Å². The lowest BCUT2D eigenvalue weighted by atomic mass is 10.1. The van der Waals surface area contributed by atoms with Gasteiger partial charge in [-0.05, 0) is 35.4 Å². The van der Waals surface area contributed by atoms with E-state index in [9.17, 15) is 4.79 Å². The Morgan fingerprint density at radius 2 is 1.59 bits per heavy atom. The molecule has 0 spiro atoms. The van der Waals surface area contributed by atoms with Crippen molar-refractivity contribution in [3.63, 3.8) is 0 Å². The molecule has 3 aromatic carbocycles. The maximum Gasteiger partial charge on any atom is 0.262 e. The quantitative estimate of drug-likeness (QED) is 0.592. The van der Waals surface area contributed by atoms with Gasteiger partial charge in [-0.25, -0.2) is 0 Å². The largest absolute Gasteiger partial charge is 0.484 e. The Morgan fingerprint density at radius 1 is 0.926 bits per heavy atom. The highest BCUT2D eigenvalue weighted by Gasteiger charge is 2.08. The SMILES string of the molecule is N#CCSc1ccccc1NC(=O)COc1ccc(-c2ccccc2)cc1. The van der Waals surface area contributed by atoms with Crippen molar-refractivity contribution in [2.75, 3.05) is 17.7 Å². The van der Waals surface area contributed by atoms with Gasteiger partial charge in [0.05, 0.1) is 17.5 Å². The molecule has 0 atom stereocenters. The maximum atomic E-state index is 12.2. The van der Waals surface area contributed by atoms with Gasteiger partial charge in [0.25, 0.3) is 5.91 Å². The first kappa shape index (κ1) is 18.6. The number of nitrogens with one attached hydrogen (secondary N) is 1. The van der Waals surface area contributed by atoms with Crippen molar-refractivity contribution in [1.29, 1.82) is 5.26 Å². The van der Waals surface area contributed by atoms with Crippen LogP contribution in [0.2, 0.25) is 0 Å². The number of para-hydroxylation sites is 1. The molecule has 1 amide bonds. The molecule has 0 aliphatic heterocycles. The van der Waals surface area contributed by atoms with Gasteiger partial charge in [-0.1, -0.05) is 54.6 Å². The van der Waals surface area contributed by atoms with E-state index in [1.165, 1.54) is 11.8 Å². The summed E-state index contributed by atoms with van der Waals surface area (Å²) in [5.74, 6) is 0.723. The van der Waals surface area contributed by atoms with Crippen molar-refractivity contribution in [1.82, 2.24) is 0 Å². The Balaban J connectivity index is 1.56. The number of hydrogen-bond donors (Lipinski definition) is 1. The molecule has 1 N–H and O–H groups in total. The number of nitrogens with zero attached hydrogens (tertiary/aromatic N) is 1. The molecule has 3 aromatic rings. The molecule has 5 heteroatoms. The van der Waals surface area contributed by atoms with Gasteiger partial charge in [0.15, 0.2) is 6.61 Å². The summed E-state index contributed by atoms with van der Waals surface area (Å²) in [7, 11) is 0.